The second-order valence-electron chi connectivity index (χ2n) is 3.96. The van der Waals surface area contributed by atoms with Gasteiger partial charge in [-0.1, -0.05) is 56.0 Å². The van der Waals surface area contributed by atoms with Crippen molar-refractivity contribution in [2.24, 2.45) is 0 Å². The molecule has 0 amide bonds. The summed E-state index contributed by atoms with van der Waals surface area (Å²) in [5.74, 6) is 0. The molecule has 2 aromatic rings. The van der Waals surface area contributed by atoms with E-state index in [1.165, 1.54) is 5.30 Å². The van der Waals surface area contributed by atoms with Gasteiger partial charge in [-0.05, 0) is 0 Å². The quantitative estimate of drug-likeness (QED) is 0.785. The Balaban J connectivity index is 2.58. The highest BCUT2D eigenvalue weighted by molar-refractivity contribution is 8.16. The van der Waals surface area contributed by atoms with Crippen molar-refractivity contribution in [3.63, 3.8) is 0 Å². The third kappa shape index (κ3) is 2.28. The zero-order valence-electron chi connectivity index (χ0n) is 10.7. The van der Waals surface area contributed by atoms with Crippen LogP contribution in [0, 0.1) is 0 Å². The van der Waals surface area contributed by atoms with Crippen molar-refractivity contribution in [2.75, 3.05) is 13.1 Å². The molecule has 96 valence electrons. The molecule has 1 heterocycles. The Labute approximate surface area is 114 Å². The van der Waals surface area contributed by atoms with Crippen LogP contribution in [0.25, 0.3) is 0 Å². The topological polar surface area (TPSA) is 21.1 Å². The van der Waals surface area contributed by atoms with Gasteiger partial charge in [0, 0.05) is 30.8 Å². The van der Waals surface area contributed by atoms with Crippen LogP contribution in [0.5, 0.6) is 0 Å². The fourth-order valence-electron chi connectivity index (χ4n) is 2.08. The molecule has 0 spiro atoms. The predicted octanol–water partition coefficient (Wildman–Crippen LogP) is 2.71. The summed E-state index contributed by atoms with van der Waals surface area (Å²) in [5.41, 5.74) is 0. The molecule has 0 radical (unpaired) electrons. The average Bonchev–Trinajstić information content (AvgIpc) is 2.95. The summed E-state index contributed by atoms with van der Waals surface area (Å²) in [5, 5.41) is 1.21. The van der Waals surface area contributed by atoms with Crippen LogP contribution in [0.1, 0.15) is 13.8 Å². The Bertz CT molecular complexity index is 520. The molecule has 18 heavy (non-hydrogen) atoms. The lowest BCUT2D eigenvalue weighted by molar-refractivity contribution is 0.504. The van der Waals surface area contributed by atoms with Crippen molar-refractivity contribution in [2.45, 2.75) is 13.8 Å². The second kappa shape index (κ2) is 5.79. The molecule has 3 nitrogen and oxygen atoms in total. The number of rotatable bonds is 5. The van der Waals surface area contributed by atoms with E-state index in [2.05, 4.69) is 52.1 Å². The van der Waals surface area contributed by atoms with Crippen molar-refractivity contribution >= 4 is 23.5 Å². The number of benzene rings is 1. The van der Waals surface area contributed by atoms with Crippen molar-refractivity contribution in [3.8, 4) is 0 Å². The minimum atomic E-state index is -1.97. The number of nitrogens with zero attached hydrogens (tertiary/aromatic N) is 3. The van der Waals surface area contributed by atoms with Crippen molar-refractivity contribution in [3.05, 3.63) is 49.1 Å². The highest BCUT2D eigenvalue weighted by atomic mass is 32.4. The van der Waals surface area contributed by atoms with Crippen LogP contribution in [0.15, 0.2) is 49.1 Å². The molecule has 0 saturated carbocycles. The van der Waals surface area contributed by atoms with E-state index < -0.39 is 6.34 Å². The first kappa shape index (κ1) is 13.5. The van der Waals surface area contributed by atoms with Crippen LogP contribution in [0.4, 0.5) is 0 Å². The van der Waals surface area contributed by atoms with Gasteiger partial charge in [0.25, 0.3) is 0 Å². The van der Waals surface area contributed by atoms with Crippen LogP contribution in [-0.4, -0.2) is 27.1 Å². The molecular formula is C13H18N3PS. The summed E-state index contributed by atoms with van der Waals surface area (Å²) in [6.45, 7) is 6.20. The van der Waals surface area contributed by atoms with Gasteiger partial charge in [0.15, 0.2) is 0 Å². The summed E-state index contributed by atoms with van der Waals surface area (Å²) in [6, 6.07) is 10.4. The molecule has 1 aromatic heterocycles. The second-order valence-corrected chi connectivity index (χ2v) is 8.12. The van der Waals surface area contributed by atoms with Gasteiger partial charge in [-0.3, -0.25) is 9.01 Å². The molecule has 5 heteroatoms. The number of imidazole rings is 1. The van der Waals surface area contributed by atoms with Crippen molar-refractivity contribution in [1.29, 1.82) is 0 Å². The molecule has 0 saturated heterocycles. The van der Waals surface area contributed by atoms with E-state index in [-0.39, 0.29) is 0 Å². The molecule has 0 aliphatic carbocycles. The normalized spacial score (nSPS) is 14.6. The van der Waals surface area contributed by atoms with E-state index in [1.807, 2.05) is 18.6 Å². The smallest absolute Gasteiger partial charge is 0.134 e. The lowest BCUT2D eigenvalue weighted by atomic mass is 10.4. The zero-order valence-corrected chi connectivity index (χ0v) is 12.4. The fourth-order valence-corrected chi connectivity index (χ4v) is 6.08. The Kier molecular flexibility index (Phi) is 4.33. The van der Waals surface area contributed by atoms with E-state index in [0.717, 1.165) is 13.1 Å². The zero-order chi connectivity index (χ0) is 13.0. The van der Waals surface area contributed by atoms with Crippen LogP contribution in [0.2, 0.25) is 0 Å². The average molecular weight is 279 g/mol. The van der Waals surface area contributed by atoms with Crippen molar-refractivity contribution in [1.82, 2.24) is 14.0 Å². The van der Waals surface area contributed by atoms with E-state index in [4.69, 9.17) is 11.8 Å². The molecule has 1 unspecified atom stereocenters. The van der Waals surface area contributed by atoms with Gasteiger partial charge < -0.3 is 0 Å². The number of hydrogen-bond acceptors (Lipinski definition) is 2. The monoisotopic (exact) mass is 279 g/mol. The SMILES string of the molecule is CCN(CC)P(=S)(c1ccccc1)n1ccnc1. The molecule has 1 atom stereocenters. The number of aromatic nitrogens is 2. The Morgan fingerprint density at radius 2 is 1.89 bits per heavy atom. The van der Waals surface area contributed by atoms with E-state index in [9.17, 15) is 0 Å². The molecule has 2 rings (SSSR count). The molecule has 1 aromatic carbocycles. The Morgan fingerprint density at radius 1 is 1.22 bits per heavy atom. The highest BCUT2D eigenvalue weighted by Gasteiger charge is 2.27. The van der Waals surface area contributed by atoms with Gasteiger partial charge in [-0.2, -0.15) is 0 Å². The largest absolute Gasteiger partial charge is 0.293 e. The van der Waals surface area contributed by atoms with E-state index in [1.54, 1.807) is 6.20 Å². The Morgan fingerprint density at radius 3 is 2.39 bits per heavy atom. The van der Waals surface area contributed by atoms with Crippen LogP contribution >= 0.6 is 6.34 Å². The first-order valence-corrected chi connectivity index (χ1v) is 8.84. The summed E-state index contributed by atoms with van der Waals surface area (Å²) in [6.07, 6.45) is 3.65. The summed E-state index contributed by atoms with van der Waals surface area (Å²) < 4.78 is 4.46. The maximum atomic E-state index is 6.07. The Hall–Kier alpha value is -0.960. The van der Waals surface area contributed by atoms with Gasteiger partial charge in [-0.15, -0.1) is 0 Å². The third-order valence-electron chi connectivity index (χ3n) is 3.01. The van der Waals surface area contributed by atoms with Gasteiger partial charge in [0.1, 0.15) is 6.34 Å². The predicted molar refractivity (Wildman–Crippen MR) is 80.9 cm³/mol. The maximum Gasteiger partial charge on any atom is 0.134 e. The first-order chi connectivity index (χ1) is 8.73. The standard InChI is InChI=1S/C13H18N3PS/c1-3-15(4-2)17(18,16-11-10-14-12-16)13-8-6-5-7-9-13/h5-12H,3-4H2,1-2H3. The number of hydrogen-bond donors (Lipinski definition) is 0. The molecular weight excluding hydrogens is 261 g/mol. The van der Waals surface area contributed by atoms with Crippen LogP contribution in [-0.2, 0) is 11.8 Å². The van der Waals surface area contributed by atoms with E-state index in [0.29, 0.717) is 0 Å². The van der Waals surface area contributed by atoms with E-state index >= 15 is 0 Å². The van der Waals surface area contributed by atoms with Crippen LogP contribution in [0.3, 0.4) is 0 Å². The lowest BCUT2D eigenvalue weighted by Gasteiger charge is -2.34. The highest BCUT2D eigenvalue weighted by Crippen LogP contribution is 2.49. The summed E-state index contributed by atoms with van der Waals surface area (Å²) in [4.78, 5) is 4.16. The van der Waals surface area contributed by atoms with Crippen LogP contribution < -0.4 is 5.30 Å². The lowest BCUT2D eigenvalue weighted by Crippen LogP contribution is -2.29. The summed E-state index contributed by atoms with van der Waals surface area (Å²) in [7, 11) is 0. The van der Waals surface area contributed by atoms with Gasteiger partial charge >= 0.3 is 0 Å². The maximum absolute atomic E-state index is 6.07. The molecule has 0 aliphatic heterocycles. The minimum absolute atomic E-state index is 0.945. The fraction of sp³-hybridized carbons (Fsp3) is 0.308. The van der Waals surface area contributed by atoms with Gasteiger partial charge in [0.05, 0.1) is 6.33 Å². The summed E-state index contributed by atoms with van der Waals surface area (Å²) >= 11 is 6.07. The minimum Gasteiger partial charge on any atom is -0.293 e. The molecule has 0 N–H and O–H groups in total. The van der Waals surface area contributed by atoms with Gasteiger partial charge in [0.2, 0.25) is 0 Å². The molecule has 0 aliphatic rings. The molecule has 0 bridgehead atoms. The van der Waals surface area contributed by atoms with Crippen molar-refractivity contribution < 1.29 is 0 Å². The van der Waals surface area contributed by atoms with Gasteiger partial charge in [-0.25, -0.2) is 4.98 Å². The first-order valence-electron chi connectivity index (χ1n) is 6.13. The third-order valence-corrected chi connectivity index (χ3v) is 8.07. The molecule has 0 fully saturated rings.